The second kappa shape index (κ2) is 9.42. The zero-order chi connectivity index (χ0) is 17.4. The highest BCUT2D eigenvalue weighted by Crippen LogP contribution is 2.22. The zero-order valence-electron chi connectivity index (χ0n) is 14.1. The summed E-state index contributed by atoms with van der Waals surface area (Å²) in [6.45, 7) is 4.19. The number of amides is 1. The Morgan fingerprint density at radius 2 is 1.96 bits per heavy atom. The molecule has 1 N–H and O–H groups in total. The lowest BCUT2D eigenvalue weighted by molar-refractivity contribution is -0.117. The van der Waals surface area contributed by atoms with Crippen LogP contribution in [0.15, 0.2) is 48.5 Å². The molecule has 0 radical (unpaired) electrons. The molecule has 2 aromatic rings. The van der Waals surface area contributed by atoms with Crippen molar-refractivity contribution < 1.29 is 9.53 Å². The molecule has 0 aliphatic rings. The molecule has 5 heteroatoms. The quantitative estimate of drug-likeness (QED) is 0.791. The number of methoxy groups -OCH3 is 1. The molecule has 0 aromatic heterocycles. The van der Waals surface area contributed by atoms with Crippen LogP contribution in [0.3, 0.4) is 0 Å². The minimum atomic E-state index is -0.0900. The van der Waals surface area contributed by atoms with Crippen molar-refractivity contribution in [1.82, 2.24) is 4.90 Å². The fourth-order valence-electron chi connectivity index (χ4n) is 2.39. The highest BCUT2D eigenvalue weighted by Gasteiger charge is 2.13. The van der Waals surface area contributed by atoms with E-state index in [-0.39, 0.29) is 12.5 Å². The van der Waals surface area contributed by atoms with E-state index in [1.807, 2.05) is 43.3 Å². The first-order valence-electron chi connectivity index (χ1n) is 7.89. The number of aryl methyl sites for hydroxylation is 1. The van der Waals surface area contributed by atoms with Crippen molar-refractivity contribution >= 4 is 23.2 Å². The minimum Gasteiger partial charge on any atom is -0.383 e. The molecule has 0 fully saturated rings. The first-order chi connectivity index (χ1) is 11.6. The van der Waals surface area contributed by atoms with Gasteiger partial charge in [-0.25, -0.2) is 0 Å². The number of nitrogens with one attached hydrogen (secondary N) is 1. The summed E-state index contributed by atoms with van der Waals surface area (Å²) < 4.78 is 5.15. The smallest absolute Gasteiger partial charge is 0.238 e. The summed E-state index contributed by atoms with van der Waals surface area (Å²) in [6, 6.07) is 15.7. The normalized spacial score (nSPS) is 10.8. The summed E-state index contributed by atoms with van der Waals surface area (Å²) in [5.74, 6) is -0.0900. The monoisotopic (exact) mass is 346 g/mol. The zero-order valence-corrected chi connectivity index (χ0v) is 14.8. The standard InChI is InChI=1S/C19H23ClN2O2/c1-15-8-9-18(17(20)12-15)21-19(23)14-22(10-11-24-2)13-16-6-4-3-5-7-16/h3-9,12H,10-11,13-14H2,1-2H3,(H,21,23). The molecular weight excluding hydrogens is 324 g/mol. The van der Waals surface area contributed by atoms with Gasteiger partial charge in [0.1, 0.15) is 0 Å². The number of nitrogens with zero attached hydrogens (tertiary/aromatic N) is 1. The topological polar surface area (TPSA) is 41.6 Å². The fraction of sp³-hybridized carbons (Fsp3) is 0.316. The van der Waals surface area contributed by atoms with Crippen LogP contribution < -0.4 is 5.32 Å². The lowest BCUT2D eigenvalue weighted by Crippen LogP contribution is -2.35. The summed E-state index contributed by atoms with van der Waals surface area (Å²) in [7, 11) is 1.66. The van der Waals surface area contributed by atoms with E-state index in [1.54, 1.807) is 7.11 Å². The van der Waals surface area contributed by atoms with Crippen LogP contribution in [0.5, 0.6) is 0 Å². The van der Waals surface area contributed by atoms with E-state index >= 15 is 0 Å². The number of halogens is 1. The Morgan fingerprint density at radius 1 is 1.21 bits per heavy atom. The lowest BCUT2D eigenvalue weighted by Gasteiger charge is -2.21. The minimum absolute atomic E-state index is 0.0900. The van der Waals surface area contributed by atoms with Crippen LogP contribution in [0, 0.1) is 6.92 Å². The van der Waals surface area contributed by atoms with Crippen molar-refractivity contribution in [2.75, 3.05) is 32.1 Å². The lowest BCUT2D eigenvalue weighted by atomic mass is 10.2. The van der Waals surface area contributed by atoms with Gasteiger partial charge in [-0.3, -0.25) is 9.69 Å². The Kier molecular flexibility index (Phi) is 7.25. The van der Waals surface area contributed by atoms with E-state index < -0.39 is 0 Å². The molecule has 4 nitrogen and oxygen atoms in total. The third-order valence-corrected chi connectivity index (χ3v) is 3.94. The number of carbonyl (C=O) groups excluding carboxylic acids is 1. The number of anilines is 1. The maximum absolute atomic E-state index is 12.4. The summed E-state index contributed by atoms with van der Waals surface area (Å²) in [4.78, 5) is 14.4. The van der Waals surface area contributed by atoms with E-state index in [9.17, 15) is 4.79 Å². The second-order valence-corrected chi connectivity index (χ2v) is 6.13. The van der Waals surface area contributed by atoms with Crippen LogP contribution >= 0.6 is 11.6 Å². The van der Waals surface area contributed by atoms with E-state index in [1.165, 1.54) is 0 Å². The van der Waals surface area contributed by atoms with E-state index in [0.717, 1.165) is 11.1 Å². The van der Waals surface area contributed by atoms with Gasteiger partial charge < -0.3 is 10.1 Å². The molecule has 0 saturated heterocycles. The van der Waals surface area contributed by atoms with Gasteiger partial charge in [-0.1, -0.05) is 48.0 Å². The molecule has 2 aromatic carbocycles. The first-order valence-corrected chi connectivity index (χ1v) is 8.27. The number of carbonyl (C=O) groups is 1. The Labute approximate surface area is 148 Å². The van der Waals surface area contributed by atoms with Crippen molar-refractivity contribution in [2.24, 2.45) is 0 Å². The van der Waals surface area contributed by atoms with Crippen molar-refractivity contribution in [1.29, 1.82) is 0 Å². The Morgan fingerprint density at radius 3 is 2.62 bits per heavy atom. The van der Waals surface area contributed by atoms with Crippen LogP contribution in [-0.4, -0.2) is 37.6 Å². The van der Waals surface area contributed by atoms with Crippen LogP contribution in [0.1, 0.15) is 11.1 Å². The summed E-state index contributed by atoms with van der Waals surface area (Å²) in [5.41, 5.74) is 2.86. The maximum Gasteiger partial charge on any atom is 0.238 e. The van der Waals surface area contributed by atoms with Crippen LogP contribution in [0.25, 0.3) is 0 Å². The molecule has 0 unspecified atom stereocenters. The molecule has 0 spiro atoms. The molecule has 0 aliphatic heterocycles. The second-order valence-electron chi connectivity index (χ2n) is 5.72. The molecule has 24 heavy (non-hydrogen) atoms. The van der Waals surface area contributed by atoms with Gasteiger partial charge in [0, 0.05) is 20.2 Å². The van der Waals surface area contributed by atoms with Gasteiger partial charge in [-0.15, -0.1) is 0 Å². The fourth-order valence-corrected chi connectivity index (χ4v) is 2.67. The number of hydrogen-bond donors (Lipinski definition) is 1. The average molecular weight is 347 g/mol. The van der Waals surface area contributed by atoms with E-state index in [4.69, 9.17) is 16.3 Å². The molecule has 1 amide bonds. The van der Waals surface area contributed by atoms with Gasteiger partial charge in [0.2, 0.25) is 5.91 Å². The number of rotatable bonds is 8. The van der Waals surface area contributed by atoms with Crippen LogP contribution in [0.2, 0.25) is 5.02 Å². The number of hydrogen-bond acceptors (Lipinski definition) is 3. The molecule has 0 bridgehead atoms. The Balaban J connectivity index is 1.98. The molecule has 2 rings (SSSR count). The van der Waals surface area contributed by atoms with Gasteiger partial charge in [-0.05, 0) is 30.2 Å². The third kappa shape index (κ3) is 5.96. The van der Waals surface area contributed by atoms with Gasteiger partial charge in [0.25, 0.3) is 0 Å². The van der Waals surface area contributed by atoms with Crippen molar-refractivity contribution in [3.8, 4) is 0 Å². The summed E-state index contributed by atoms with van der Waals surface area (Å²) in [5, 5.41) is 3.43. The van der Waals surface area contributed by atoms with Crippen LogP contribution in [-0.2, 0) is 16.1 Å². The van der Waals surface area contributed by atoms with Gasteiger partial charge in [0.15, 0.2) is 0 Å². The third-order valence-electron chi connectivity index (χ3n) is 3.63. The highest BCUT2D eigenvalue weighted by atomic mass is 35.5. The molecular formula is C19H23ClN2O2. The van der Waals surface area contributed by atoms with Crippen molar-refractivity contribution in [3.05, 3.63) is 64.7 Å². The largest absolute Gasteiger partial charge is 0.383 e. The summed E-state index contributed by atoms with van der Waals surface area (Å²) >= 11 is 6.18. The predicted octanol–water partition coefficient (Wildman–Crippen LogP) is 3.74. The van der Waals surface area contributed by atoms with Gasteiger partial charge in [0.05, 0.1) is 23.9 Å². The van der Waals surface area contributed by atoms with Crippen molar-refractivity contribution in [2.45, 2.75) is 13.5 Å². The van der Waals surface area contributed by atoms with E-state index in [2.05, 4.69) is 22.3 Å². The van der Waals surface area contributed by atoms with Gasteiger partial charge in [-0.2, -0.15) is 0 Å². The maximum atomic E-state index is 12.4. The number of ether oxygens (including phenoxy) is 1. The van der Waals surface area contributed by atoms with Crippen molar-refractivity contribution in [3.63, 3.8) is 0 Å². The Hall–Kier alpha value is -1.88. The van der Waals surface area contributed by atoms with E-state index in [0.29, 0.717) is 30.4 Å². The molecule has 0 heterocycles. The predicted molar refractivity (Wildman–Crippen MR) is 98.4 cm³/mol. The SMILES string of the molecule is COCCN(CC(=O)Nc1ccc(C)cc1Cl)Cc1ccccc1. The highest BCUT2D eigenvalue weighted by molar-refractivity contribution is 6.33. The molecule has 128 valence electrons. The molecule has 0 atom stereocenters. The summed E-state index contributed by atoms with van der Waals surface area (Å²) in [6.07, 6.45) is 0. The molecule has 0 aliphatic carbocycles. The first kappa shape index (κ1) is 18.5. The Bertz CT molecular complexity index is 662. The average Bonchev–Trinajstić information content (AvgIpc) is 2.56. The molecule has 0 saturated carbocycles. The number of benzene rings is 2. The van der Waals surface area contributed by atoms with Crippen LogP contribution in [0.4, 0.5) is 5.69 Å². The van der Waals surface area contributed by atoms with Gasteiger partial charge >= 0.3 is 0 Å².